The molecule has 0 amide bonds. The third-order valence-corrected chi connectivity index (χ3v) is 6.73. The Hall–Kier alpha value is -3.33. The minimum absolute atomic E-state index is 0.146. The highest BCUT2D eigenvalue weighted by Crippen LogP contribution is 2.36. The van der Waals surface area contributed by atoms with Crippen molar-refractivity contribution < 1.29 is 7.16 Å². The van der Waals surface area contributed by atoms with E-state index >= 15 is 0 Å². The lowest BCUT2D eigenvalue weighted by atomic mass is 9.88. The molecule has 180 valence electrons. The Labute approximate surface area is 211 Å². The van der Waals surface area contributed by atoms with Crippen molar-refractivity contribution in [1.82, 2.24) is 9.55 Å². The van der Waals surface area contributed by atoms with E-state index < -0.39 is 6.37 Å². The number of aromatic nitrogens is 2. The van der Waals surface area contributed by atoms with Crippen LogP contribution in [0.3, 0.4) is 0 Å². The normalized spacial score (nSPS) is 13.4. The van der Waals surface area contributed by atoms with E-state index in [-0.39, 0.29) is 5.92 Å². The summed E-state index contributed by atoms with van der Waals surface area (Å²) in [5.74, 6) is 1.51. The zero-order valence-electron chi connectivity index (χ0n) is 23.6. The molecule has 0 aliphatic heterocycles. The van der Waals surface area contributed by atoms with Gasteiger partial charge in [0.25, 0.3) is 0 Å². The number of hydrogen-bond acceptors (Lipinski definition) is 2. The van der Waals surface area contributed by atoms with E-state index in [2.05, 4.69) is 68.7 Å². The Bertz CT molecular complexity index is 1550. The fourth-order valence-corrected chi connectivity index (χ4v) is 5.11. The maximum absolute atomic E-state index is 8.65. The summed E-state index contributed by atoms with van der Waals surface area (Å²) in [6.07, 6.45) is 0.333. The zero-order chi connectivity index (χ0) is 26.5. The Kier molecular flexibility index (Phi) is 5.62. The summed E-state index contributed by atoms with van der Waals surface area (Å²) < 4.78 is 25.6. The fourth-order valence-electron chi connectivity index (χ4n) is 5.11. The molecule has 3 aromatic carbocycles. The van der Waals surface area contributed by atoms with Crippen LogP contribution in [0.4, 0.5) is 0 Å². The van der Waals surface area contributed by atoms with Crippen LogP contribution in [-0.2, 0) is 12.9 Å². The molecule has 35 heavy (non-hydrogen) atoms. The van der Waals surface area contributed by atoms with Gasteiger partial charge in [-0.05, 0) is 70.6 Å². The van der Waals surface area contributed by atoms with Gasteiger partial charge in [-0.25, -0.2) is 4.98 Å². The van der Waals surface area contributed by atoms with Crippen LogP contribution in [0.15, 0.2) is 71.3 Å². The van der Waals surface area contributed by atoms with Crippen molar-refractivity contribution >= 4 is 22.0 Å². The summed E-state index contributed by atoms with van der Waals surface area (Å²) in [5.41, 5.74) is 8.37. The molecule has 0 aliphatic carbocycles. The highest BCUT2D eigenvalue weighted by Gasteiger charge is 2.21. The minimum atomic E-state index is -1.44. The summed E-state index contributed by atoms with van der Waals surface area (Å²) in [5, 5.41) is 0.889. The van der Waals surface area contributed by atoms with Gasteiger partial charge in [0.1, 0.15) is 17.7 Å². The smallest absolute Gasteiger partial charge is 0.145 e. The summed E-state index contributed by atoms with van der Waals surface area (Å²) in [6, 6.07) is 20.6. The molecule has 2 heterocycles. The second kappa shape index (κ2) is 9.37. The molecule has 0 spiro atoms. The number of nitrogens with zero attached hydrogens (tertiary/aromatic N) is 2. The van der Waals surface area contributed by atoms with Crippen LogP contribution in [-0.4, -0.2) is 9.55 Å². The summed E-state index contributed by atoms with van der Waals surface area (Å²) in [4.78, 5) is 5.09. The van der Waals surface area contributed by atoms with Crippen molar-refractivity contribution in [1.29, 1.82) is 0 Å². The van der Waals surface area contributed by atoms with Gasteiger partial charge in [-0.3, -0.25) is 0 Å². The number of hydrogen-bond donors (Lipinski definition) is 0. The molecule has 0 N–H and O–H groups in total. The third-order valence-electron chi connectivity index (χ3n) is 6.73. The average molecular weight is 467 g/mol. The molecular weight excluding hydrogens is 428 g/mol. The van der Waals surface area contributed by atoms with Gasteiger partial charge in [0.2, 0.25) is 0 Å². The third kappa shape index (κ3) is 4.40. The van der Waals surface area contributed by atoms with Gasteiger partial charge in [0, 0.05) is 8.13 Å². The quantitative estimate of drug-likeness (QED) is 0.240. The first-order valence-electron chi connectivity index (χ1n) is 13.7. The molecule has 5 aromatic rings. The highest BCUT2D eigenvalue weighted by atomic mass is 16.3. The minimum Gasteiger partial charge on any atom is -0.464 e. The molecule has 3 heteroatoms. The number of furan rings is 1. The lowest BCUT2D eigenvalue weighted by molar-refractivity contribution is 0.615. The zero-order valence-corrected chi connectivity index (χ0v) is 21.6. The van der Waals surface area contributed by atoms with Crippen molar-refractivity contribution in [3.05, 3.63) is 89.2 Å². The molecule has 0 fully saturated rings. The van der Waals surface area contributed by atoms with Crippen molar-refractivity contribution in [2.24, 2.45) is 5.92 Å². The van der Waals surface area contributed by atoms with E-state index in [1.54, 1.807) is 6.26 Å². The van der Waals surface area contributed by atoms with Crippen molar-refractivity contribution in [3.63, 3.8) is 0 Å². The fraction of sp³-hybridized carbons (Fsp3) is 0.344. The molecule has 0 unspecified atom stereocenters. The van der Waals surface area contributed by atoms with Crippen LogP contribution >= 0.6 is 0 Å². The van der Waals surface area contributed by atoms with E-state index in [1.165, 1.54) is 16.7 Å². The Morgan fingerprint density at radius 1 is 0.886 bits per heavy atom. The van der Waals surface area contributed by atoms with E-state index in [4.69, 9.17) is 12.1 Å². The van der Waals surface area contributed by atoms with Crippen LogP contribution in [0.2, 0.25) is 0 Å². The average Bonchev–Trinajstić information content (AvgIpc) is 3.44. The van der Waals surface area contributed by atoms with Gasteiger partial charge in [-0.15, -0.1) is 0 Å². The Balaban J connectivity index is 1.74. The molecule has 0 aliphatic rings. The summed E-state index contributed by atoms with van der Waals surface area (Å²) in [6.45, 7) is 13.5. The molecule has 5 rings (SSSR count). The molecule has 3 nitrogen and oxygen atoms in total. The lowest BCUT2D eigenvalue weighted by Crippen LogP contribution is -2.10. The van der Waals surface area contributed by atoms with Crippen LogP contribution in [0.25, 0.3) is 33.4 Å². The predicted octanol–water partition coefficient (Wildman–Crippen LogP) is 8.94. The van der Waals surface area contributed by atoms with E-state index in [9.17, 15) is 0 Å². The molecule has 0 bridgehead atoms. The Morgan fingerprint density at radius 2 is 1.60 bits per heavy atom. The van der Waals surface area contributed by atoms with Crippen molar-refractivity contribution in [2.75, 3.05) is 0 Å². The number of rotatable bonds is 7. The van der Waals surface area contributed by atoms with E-state index in [0.717, 1.165) is 33.4 Å². The van der Waals surface area contributed by atoms with Gasteiger partial charge in [-0.2, -0.15) is 0 Å². The largest absolute Gasteiger partial charge is 0.464 e. The van der Waals surface area contributed by atoms with Gasteiger partial charge < -0.3 is 8.98 Å². The number of imidazole rings is 1. The van der Waals surface area contributed by atoms with Gasteiger partial charge in [0.05, 0.1) is 23.1 Å². The van der Waals surface area contributed by atoms with Crippen molar-refractivity contribution in [2.45, 2.75) is 66.3 Å². The molecule has 0 radical (unpaired) electrons. The maximum atomic E-state index is 8.65. The second-order valence-corrected chi connectivity index (χ2v) is 10.4. The number of para-hydroxylation sites is 2. The van der Waals surface area contributed by atoms with E-state index in [0.29, 0.717) is 23.9 Å². The topological polar surface area (TPSA) is 31.0 Å². The van der Waals surface area contributed by atoms with Gasteiger partial charge in [0.15, 0.2) is 0 Å². The number of fused-ring (bicyclic) bond motifs is 2. The van der Waals surface area contributed by atoms with Crippen LogP contribution < -0.4 is 0 Å². The first-order chi connectivity index (χ1) is 17.6. The standard InChI is InChI=1S/C32H36N2O/c1-20(2)16-23-14-15-31-26(17-23)28(19-35-31)32-33-29-12-7-8-13-30(29)34(32)18-27-24(21(3)4)10-9-11-25(27)22(5)6/h7-15,17,19-22H,16,18H2,1-6H3/i16D2. The molecular formula is C32H36N2O. The molecule has 2 aromatic heterocycles. The first kappa shape index (κ1) is 21.0. The predicted molar refractivity (Wildman–Crippen MR) is 147 cm³/mol. The molecule has 0 saturated heterocycles. The van der Waals surface area contributed by atoms with Crippen molar-refractivity contribution in [3.8, 4) is 11.4 Å². The molecule has 0 saturated carbocycles. The molecule has 0 atom stereocenters. The van der Waals surface area contributed by atoms with Crippen LogP contribution in [0.1, 0.15) is 78.4 Å². The highest BCUT2D eigenvalue weighted by molar-refractivity contribution is 5.95. The van der Waals surface area contributed by atoms with E-state index in [1.807, 2.05) is 38.1 Å². The SMILES string of the molecule is [2H]C([2H])(c1ccc2occ(-c3nc4ccccc4n3Cc3c(C(C)C)cccc3C(C)C)c2c1)C(C)C. The lowest BCUT2D eigenvalue weighted by Gasteiger charge is -2.21. The van der Waals surface area contributed by atoms with Gasteiger partial charge in [-0.1, -0.05) is 77.9 Å². The van der Waals surface area contributed by atoms with Crippen LogP contribution in [0.5, 0.6) is 0 Å². The monoisotopic (exact) mass is 466 g/mol. The summed E-state index contributed by atoms with van der Waals surface area (Å²) >= 11 is 0. The Morgan fingerprint density at radius 3 is 2.29 bits per heavy atom. The second-order valence-electron chi connectivity index (χ2n) is 10.4. The van der Waals surface area contributed by atoms with Gasteiger partial charge >= 0.3 is 0 Å². The summed E-state index contributed by atoms with van der Waals surface area (Å²) in [7, 11) is 0. The first-order valence-corrected chi connectivity index (χ1v) is 12.7. The number of benzene rings is 3. The maximum Gasteiger partial charge on any atom is 0.145 e. The van der Waals surface area contributed by atoms with Crippen LogP contribution in [0, 0.1) is 5.92 Å².